The molecule has 1 aromatic rings. The molecule has 0 bridgehead atoms. The quantitative estimate of drug-likeness (QED) is 0.831. The van der Waals surface area contributed by atoms with Crippen molar-refractivity contribution in [2.75, 3.05) is 19.8 Å². The van der Waals surface area contributed by atoms with Gasteiger partial charge in [-0.1, -0.05) is 6.07 Å². The molecule has 1 aliphatic heterocycles. The smallest absolute Gasteiger partial charge is 0.243 e. The zero-order chi connectivity index (χ0) is 14.9. The minimum atomic E-state index is -3.53. The molecule has 1 atom stereocenters. The van der Waals surface area contributed by atoms with Crippen molar-refractivity contribution in [1.29, 1.82) is 5.26 Å². The zero-order valence-corrected chi connectivity index (χ0v) is 12.6. The average molecular weight is 306 g/mol. The first-order chi connectivity index (χ1) is 10.1. The molecule has 0 unspecified atom stereocenters. The van der Waals surface area contributed by atoms with Gasteiger partial charge in [0.1, 0.15) is 0 Å². The monoisotopic (exact) mass is 306 g/mol. The Morgan fingerprint density at radius 2 is 2.14 bits per heavy atom. The lowest BCUT2D eigenvalue weighted by atomic mass is 10.1. The number of nitriles is 1. The predicted molar refractivity (Wildman–Crippen MR) is 77.0 cm³/mol. The van der Waals surface area contributed by atoms with Crippen LogP contribution in [-0.4, -0.2) is 38.5 Å². The summed E-state index contributed by atoms with van der Waals surface area (Å²) in [6.07, 6.45) is 2.76. The summed E-state index contributed by atoms with van der Waals surface area (Å²) in [6.45, 7) is 1.87. The number of hydrogen-bond donors (Lipinski definition) is 0. The highest BCUT2D eigenvalue weighted by atomic mass is 32.2. The van der Waals surface area contributed by atoms with Gasteiger partial charge in [0.05, 0.1) is 23.1 Å². The standard InChI is InChI=1S/C15H18N2O3S/c16-9-12-2-1-3-15(8-12)21(18,19)17(14-4-5-14)10-13-6-7-20-11-13/h1-3,8,13-14H,4-7,10-11H2/t13-/m0/s1. The van der Waals surface area contributed by atoms with Gasteiger partial charge in [-0.15, -0.1) is 0 Å². The summed E-state index contributed by atoms with van der Waals surface area (Å²) in [5.74, 6) is 0.277. The van der Waals surface area contributed by atoms with Gasteiger partial charge in [-0.3, -0.25) is 0 Å². The second-order valence-corrected chi connectivity index (χ2v) is 7.57. The summed E-state index contributed by atoms with van der Waals surface area (Å²) in [6, 6.07) is 8.36. The molecule has 2 aliphatic rings. The van der Waals surface area contributed by atoms with E-state index in [1.807, 2.05) is 6.07 Å². The largest absolute Gasteiger partial charge is 0.381 e. The van der Waals surface area contributed by atoms with Crippen molar-refractivity contribution in [3.05, 3.63) is 29.8 Å². The van der Waals surface area contributed by atoms with Gasteiger partial charge in [0.15, 0.2) is 0 Å². The highest BCUT2D eigenvalue weighted by Crippen LogP contribution is 2.33. The summed E-state index contributed by atoms with van der Waals surface area (Å²) in [7, 11) is -3.53. The lowest BCUT2D eigenvalue weighted by molar-refractivity contribution is 0.180. The highest BCUT2D eigenvalue weighted by molar-refractivity contribution is 7.89. The van der Waals surface area contributed by atoms with Gasteiger partial charge >= 0.3 is 0 Å². The van der Waals surface area contributed by atoms with Gasteiger partial charge in [0.2, 0.25) is 10.0 Å². The normalized spacial score (nSPS) is 22.4. The molecular weight excluding hydrogens is 288 g/mol. The Kier molecular flexibility index (Phi) is 3.98. The third kappa shape index (κ3) is 3.10. The van der Waals surface area contributed by atoms with Crippen LogP contribution in [0.4, 0.5) is 0 Å². The SMILES string of the molecule is N#Cc1cccc(S(=O)(=O)N(C[C@@H]2CCOC2)C2CC2)c1. The summed E-state index contributed by atoms with van der Waals surface area (Å²) >= 11 is 0. The number of sulfonamides is 1. The van der Waals surface area contributed by atoms with Crippen LogP contribution < -0.4 is 0 Å². The molecule has 1 saturated carbocycles. The van der Waals surface area contributed by atoms with Gasteiger partial charge in [-0.05, 0) is 43.4 Å². The van der Waals surface area contributed by atoms with E-state index in [9.17, 15) is 8.42 Å². The Bertz CT molecular complexity index is 656. The second-order valence-electron chi connectivity index (χ2n) is 5.68. The van der Waals surface area contributed by atoms with Crippen molar-refractivity contribution < 1.29 is 13.2 Å². The first-order valence-corrected chi connectivity index (χ1v) is 8.65. The lowest BCUT2D eigenvalue weighted by Gasteiger charge is -2.24. The Morgan fingerprint density at radius 3 is 2.76 bits per heavy atom. The number of hydrogen-bond acceptors (Lipinski definition) is 4. The van der Waals surface area contributed by atoms with Crippen LogP contribution in [-0.2, 0) is 14.8 Å². The Labute approximate surface area is 125 Å². The number of nitrogens with zero attached hydrogens (tertiary/aromatic N) is 2. The van der Waals surface area contributed by atoms with E-state index in [0.717, 1.165) is 19.3 Å². The predicted octanol–water partition coefficient (Wildman–Crippen LogP) is 1.75. The number of benzene rings is 1. The first kappa shape index (κ1) is 14.5. The summed E-state index contributed by atoms with van der Waals surface area (Å²) in [5, 5.41) is 8.94. The fourth-order valence-electron chi connectivity index (χ4n) is 2.65. The van der Waals surface area contributed by atoms with Crippen LogP contribution in [0.3, 0.4) is 0 Å². The molecular formula is C15H18N2O3S. The van der Waals surface area contributed by atoms with E-state index in [4.69, 9.17) is 10.00 Å². The van der Waals surface area contributed by atoms with Crippen LogP contribution in [0.2, 0.25) is 0 Å². The molecule has 1 heterocycles. The summed E-state index contributed by atoms with van der Waals surface area (Å²) in [5.41, 5.74) is 0.371. The molecule has 3 rings (SSSR count). The molecule has 6 heteroatoms. The fraction of sp³-hybridized carbons (Fsp3) is 0.533. The van der Waals surface area contributed by atoms with Crippen LogP contribution in [0.15, 0.2) is 29.2 Å². The third-order valence-corrected chi connectivity index (χ3v) is 5.90. The zero-order valence-electron chi connectivity index (χ0n) is 11.7. The maximum absolute atomic E-state index is 12.8. The molecule has 2 fully saturated rings. The van der Waals surface area contributed by atoms with Gasteiger partial charge < -0.3 is 4.74 Å². The van der Waals surface area contributed by atoms with Gasteiger partial charge in [0.25, 0.3) is 0 Å². The molecule has 112 valence electrons. The van der Waals surface area contributed by atoms with Crippen molar-refractivity contribution in [2.45, 2.75) is 30.2 Å². The summed E-state index contributed by atoms with van der Waals surface area (Å²) in [4.78, 5) is 0.215. The van der Waals surface area contributed by atoms with Crippen molar-refractivity contribution in [3.63, 3.8) is 0 Å². The Hall–Kier alpha value is -1.42. The molecule has 5 nitrogen and oxygen atoms in total. The van der Waals surface area contributed by atoms with Crippen molar-refractivity contribution in [3.8, 4) is 6.07 Å². The Morgan fingerprint density at radius 1 is 1.33 bits per heavy atom. The van der Waals surface area contributed by atoms with Crippen LogP contribution in [0.1, 0.15) is 24.8 Å². The topological polar surface area (TPSA) is 70.4 Å². The van der Waals surface area contributed by atoms with E-state index in [-0.39, 0.29) is 16.9 Å². The molecule has 0 N–H and O–H groups in total. The molecule has 0 radical (unpaired) electrons. The minimum absolute atomic E-state index is 0.112. The van der Waals surface area contributed by atoms with Gasteiger partial charge in [-0.2, -0.15) is 9.57 Å². The van der Waals surface area contributed by atoms with Crippen molar-refractivity contribution >= 4 is 10.0 Å². The van der Waals surface area contributed by atoms with Crippen LogP contribution >= 0.6 is 0 Å². The fourth-order valence-corrected chi connectivity index (χ4v) is 4.46. The number of ether oxygens (including phenoxy) is 1. The number of rotatable bonds is 5. The summed E-state index contributed by atoms with van der Waals surface area (Å²) < 4.78 is 32.7. The van der Waals surface area contributed by atoms with Crippen molar-refractivity contribution in [2.24, 2.45) is 5.92 Å². The van der Waals surface area contributed by atoms with Crippen LogP contribution in [0.25, 0.3) is 0 Å². The molecule has 21 heavy (non-hydrogen) atoms. The minimum Gasteiger partial charge on any atom is -0.381 e. The Balaban J connectivity index is 1.87. The third-order valence-electron chi connectivity index (χ3n) is 3.99. The van der Waals surface area contributed by atoms with Gasteiger partial charge in [0, 0.05) is 19.2 Å². The lowest BCUT2D eigenvalue weighted by Crippen LogP contribution is -2.37. The maximum atomic E-state index is 12.8. The van der Waals surface area contributed by atoms with Gasteiger partial charge in [-0.25, -0.2) is 8.42 Å². The molecule has 1 saturated heterocycles. The van der Waals surface area contributed by atoms with E-state index in [2.05, 4.69) is 0 Å². The highest BCUT2D eigenvalue weighted by Gasteiger charge is 2.39. The van der Waals surface area contributed by atoms with E-state index >= 15 is 0 Å². The second kappa shape index (κ2) is 5.76. The molecule has 1 aliphatic carbocycles. The van der Waals surface area contributed by atoms with Crippen LogP contribution in [0.5, 0.6) is 0 Å². The van der Waals surface area contributed by atoms with Crippen LogP contribution in [0, 0.1) is 17.2 Å². The van der Waals surface area contributed by atoms with Crippen molar-refractivity contribution in [1.82, 2.24) is 4.31 Å². The molecule has 0 amide bonds. The first-order valence-electron chi connectivity index (χ1n) is 7.21. The molecule has 0 spiro atoms. The van der Waals surface area contributed by atoms with E-state index in [1.165, 1.54) is 6.07 Å². The maximum Gasteiger partial charge on any atom is 0.243 e. The average Bonchev–Trinajstić information content (AvgIpc) is 3.20. The van der Waals surface area contributed by atoms with E-state index in [0.29, 0.717) is 25.3 Å². The van der Waals surface area contributed by atoms with E-state index < -0.39 is 10.0 Å². The molecule has 0 aromatic heterocycles. The van der Waals surface area contributed by atoms with E-state index in [1.54, 1.807) is 22.5 Å². The molecule has 1 aromatic carbocycles.